The lowest BCUT2D eigenvalue weighted by atomic mass is 9.86. The highest BCUT2D eigenvalue weighted by Crippen LogP contribution is 2.27. The van der Waals surface area contributed by atoms with E-state index in [0.717, 1.165) is 12.0 Å². The molecule has 1 rings (SSSR count). The maximum Gasteiger partial charge on any atom is 0.330 e. The summed E-state index contributed by atoms with van der Waals surface area (Å²) in [4.78, 5) is 12.4. The van der Waals surface area contributed by atoms with Crippen LogP contribution in [0.2, 0.25) is 0 Å². The van der Waals surface area contributed by atoms with E-state index in [4.69, 9.17) is 4.74 Å². The van der Waals surface area contributed by atoms with Gasteiger partial charge in [-0.25, -0.2) is 4.79 Å². The first kappa shape index (κ1) is 16.4. The minimum absolute atomic E-state index is 0.228. The number of ether oxygens (including phenoxy) is 1. The Bertz CT molecular complexity index is 439. The zero-order chi connectivity index (χ0) is 15.0. The Kier molecular flexibility index (Phi) is 6.46. The predicted molar refractivity (Wildman–Crippen MR) is 82.6 cm³/mol. The molecule has 0 radical (unpaired) electrons. The molecule has 0 aliphatic carbocycles. The molecule has 0 heterocycles. The summed E-state index contributed by atoms with van der Waals surface area (Å²) in [6, 6.07) is 8.15. The lowest BCUT2D eigenvalue weighted by Crippen LogP contribution is -2.49. The summed E-state index contributed by atoms with van der Waals surface area (Å²) in [6.07, 6.45) is 3.37. The van der Waals surface area contributed by atoms with Crippen LogP contribution in [-0.2, 0) is 21.5 Å². The topological polar surface area (TPSA) is 38.3 Å². The van der Waals surface area contributed by atoms with Crippen molar-refractivity contribution in [1.82, 2.24) is 5.32 Å². The van der Waals surface area contributed by atoms with Gasteiger partial charge in [-0.3, -0.25) is 5.32 Å². The van der Waals surface area contributed by atoms with E-state index < -0.39 is 5.54 Å². The Morgan fingerprint density at radius 1 is 1.30 bits per heavy atom. The quantitative estimate of drug-likeness (QED) is 0.585. The molecule has 110 valence electrons. The van der Waals surface area contributed by atoms with Gasteiger partial charge in [0.2, 0.25) is 0 Å². The lowest BCUT2D eigenvalue weighted by Gasteiger charge is -2.32. The van der Waals surface area contributed by atoms with Crippen molar-refractivity contribution in [1.29, 1.82) is 0 Å². The summed E-state index contributed by atoms with van der Waals surface area (Å²) < 4.78 is 5.27. The molecule has 0 saturated carbocycles. The fourth-order valence-electron chi connectivity index (χ4n) is 2.29. The average Bonchev–Trinajstić information content (AvgIpc) is 2.49. The van der Waals surface area contributed by atoms with Gasteiger partial charge in [0.25, 0.3) is 0 Å². The minimum atomic E-state index is -0.795. The minimum Gasteiger partial charge on any atom is -0.464 e. The molecule has 3 heteroatoms. The predicted octanol–water partition coefficient (Wildman–Crippen LogP) is 3.19. The van der Waals surface area contributed by atoms with E-state index in [1.807, 2.05) is 26.0 Å². The summed E-state index contributed by atoms with van der Waals surface area (Å²) in [6.45, 7) is 10.6. The van der Waals surface area contributed by atoms with Crippen molar-refractivity contribution in [3.8, 4) is 0 Å². The molecular weight excluding hydrogens is 250 g/mol. The molecule has 1 aromatic carbocycles. The number of esters is 1. The third-order valence-electron chi connectivity index (χ3n) is 3.56. The van der Waals surface area contributed by atoms with Crippen LogP contribution >= 0.6 is 0 Å². The van der Waals surface area contributed by atoms with Gasteiger partial charge in [-0.05, 0) is 30.9 Å². The van der Waals surface area contributed by atoms with Crippen molar-refractivity contribution in [2.24, 2.45) is 0 Å². The zero-order valence-electron chi connectivity index (χ0n) is 12.7. The Balaban J connectivity index is 3.17. The summed E-state index contributed by atoms with van der Waals surface area (Å²) in [5.74, 6) is -0.228. The van der Waals surface area contributed by atoms with Gasteiger partial charge in [0.1, 0.15) is 5.54 Å². The van der Waals surface area contributed by atoms with Gasteiger partial charge < -0.3 is 4.74 Å². The van der Waals surface area contributed by atoms with Crippen LogP contribution in [0.4, 0.5) is 0 Å². The highest BCUT2D eigenvalue weighted by atomic mass is 16.5. The lowest BCUT2D eigenvalue weighted by molar-refractivity contribution is -0.152. The van der Waals surface area contributed by atoms with E-state index in [-0.39, 0.29) is 5.97 Å². The van der Waals surface area contributed by atoms with Gasteiger partial charge in [0, 0.05) is 6.54 Å². The normalized spacial score (nSPS) is 13.6. The molecule has 0 amide bonds. The average molecular weight is 275 g/mol. The van der Waals surface area contributed by atoms with Crippen LogP contribution in [0.1, 0.15) is 38.3 Å². The molecule has 0 saturated heterocycles. The maximum absolute atomic E-state index is 12.4. The summed E-state index contributed by atoms with van der Waals surface area (Å²) >= 11 is 0. The number of rotatable bonds is 8. The van der Waals surface area contributed by atoms with E-state index in [0.29, 0.717) is 19.6 Å². The van der Waals surface area contributed by atoms with Crippen LogP contribution in [0.25, 0.3) is 0 Å². The Labute approximate surface area is 122 Å². The van der Waals surface area contributed by atoms with Crippen LogP contribution in [0.3, 0.4) is 0 Å². The first-order chi connectivity index (χ1) is 9.64. The van der Waals surface area contributed by atoms with E-state index in [2.05, 4.69) is 31.0 Å². The third-order valence-corrected chi connectivity index (χ3v) is 3.56. The maximum atomic E-state index is 12.4. The van der Waals surface area contributed by atoms with Crippen molar-refractivity contribution in [3.05, 3.63) is 48.0 Å². The van der Waals surface area contributed by atoms with Gasteiger partial charge in [0.05, 0.1) is 6.61 Å². The molecule has 0 aliphatic rings. The summed E-state index contributed by atoms with van der Waals surface area (Å²) in [5.41, 5.74) is 1.40. The Hall–Kier alpha value is -1.61. The number of carbonyl (C=O) groups is 1. The molecule has 3 nitrogen and oxygen atoms in total. The molecular formula is C17H25NO2. The van der Waals surface area contributed by atoms with Crippen molar-refractivity contribution >= 4 is 5.97 Å². The van der Waals surface area contributed by atoms with Crippen molar-refractivity contribution < 1.29 is 9.53 Å². The second-order valence-electron chi connectivity index (χ2n) is 4.70. The zero-order valence-corrected chi connectivity index (χ0v) is 12.7. The molecule has 1 N–H and O–H groups in total. The molecule has 1 atom stereocenters. The summed E-state index contributed by atoms with van der Waals surface area (Å²) in [7, 11) is 0. The number of hydrogen-bond donors (Lipinski definition) is 1. The van der Waals surface area contributed by atoms with E-state index in [1.54, 1.807) is 6.08 Å². The highest BCUT2D eigenvalue weighted by molar-refractivity contribution is 5.82. The second kappa shape index (κ2) is 7.85. The number of hydrogen-bond acceptors (Lipinski definition) is 3. The van der Waals surface area contributed by atoms with Gasteiger partial charge in [-0.15, -0.1) is 6.58 Å². The Morgan fingerprint density at radius 3 is 2.40 bits per heavy atom. The molecule has 0 aromatic heterocycles. The van der Waals surface area contributed by atoms with Gasteiger partial charge in [0.15, 0.2) is 0 Å². The Morgan fingerprint density at radius 2 is 1.95 bits per heavy atom. The standard InChI is InChI=1S/C17H25NO2/c1-5-13-18-17(7-3,16(19)20-8-4)15-11-9-14(6-2)10-12-15/h5,9-12,18H,1,6-8,13H2,2-4H3. The molecule has 0 aliphatic heterocycles. The van der Waals surface area contributed by atoms with Crippen LogP contribution in [0.5, 0.6) is 0 Å². The first-order valence-electron chi connectivity index (χ1n) is 7.27. The fraction of sp³-hybridized carbons (Fsp3) is 0.471. The largest absolute Gasteiger partial charge is 0.464 e. The van der Waals surface area contributed by atoms with Crippen molar-refractivity contribution in [3.63, 3.8) is 0 Å². The van der Waals surface area contributed by atoms with E-state index in [1.165, 1.54) is 5.56 Å². The smallest absolute Gasteiger partial charge is 0.330 e. The molecule has 1 unspecified atom stereocenters. The number of carbonyl (C=O) groups excluding carboxylic acids is 1. The number of benzene rings is 1. The molecule has 0 fully saturated rings. The van der Waals surface area contributed by atoms with Crippen molar-refractivity contribution in [2.45, 2.75) is 39.2 Å². The fourth-order valence-corrected chi connectivity index (χ4v) is 2.29. The number of nitrogens with one attached hydrogen (secondary N) is 1. The highest BCUT2D eigenvalue weighted by Gasteiger charge is 2.39. The van der Waals surface area contributed by atoms with E-state index >= 15 is 0 Å². The molecule has 20 heavy (non-hydrogen) atoms. The number of aryl methyl sites for hydroxylation is 1. The SMILES string of the molecule is C=CCNC(CC)(C(=O)OCC)c1ccc(CC)cc1. The molecule has 0 spiro atoms. The molecule has 1 aromatic rings. The summed E-state index contributed by atoms with van der Waals surface area (Å²) in [5, 5.41) is 3.28. The van der Waals surface area contributed by atoms with E-state index in [9.17, 15) is 4.79 Å². The monoisotopic (exact) mass is 275 g/mol. The molecule has 0 bridgehead atoms. The first-order valence-corrected chi connectivity index (χ1v) is 7.27. The third kappa shape index (κ3) is 3.48. The van der Waals surface area contributed by atoms with Crippen LogP contribution in [-0.4, -0.2) is 19.1 Å². The van der Waals surface area contributed by atoms with Gasteiger partial charge >= 0.3 is 5.97 Å². The van der Waals surface area contributed by atoms with Crippen LogP contribution < -0.4 is 5.32 Å². The van der Waals surface area contributed by atoms with Crippen LogP contribution in [0, 0.1) is 0 Å². The van der Waals surface area contributed by atoms with Crippen LogP contribution in [0.15, 0.2) is 36.9 Å². The van der Waals surface area contributed by atoms with Crippen molar-refractivity contribution in [2.75, 3.05) is 13.2 Å². The van der Waals surface area contributed by atoms with Gasteiger partial charge in [-0.2, -0.15) is 0 Å². The second-order valence-corrected chi connectivity index (χ2v) is 4.70. The van der Waals surface area contributed by atoms with Gasteiger partial charge in [-0.1, -0.05) is 44.2 Å².